The van der Waals surface area contributed by atoms with Crippen LogP contribution in [0.15, 0.2) is 12.2 Å². The second-order valence-electron chi connectivity index (χ2n) is 3.81. The highest BCUT2D eigenvalue weighted by Crippen LogP contribution is 2.14. The Bertz CT molecular complexity index is 338. The standard InChI is InChI=1S/C10H14N2O4/c1-7-4-5-12(6-7)10(16)11-8(13)2-3-9(14)15/h2-3,7H,4-6H2,1H3,(H,14,15)(H,11,13,16)/b3-2+. The summed E-state index contributed by atoms with van der Waals surface area (Å²) in [6.07, 6.45) is 2.43. The van der Waals surface area contributed by atoms with Crippen molar-refractivity contribution in [2.24, 2.45) is 5.92 Å². The Hall–Kier alpha value is -1.85. The van der Waals surface area contributed by atoms with Crippen molar-refractivity contribution in [2.45, 2.75) is 13.3 Å². The van der Waals surface area contributed by atoms with Crippen LogP contribution >= 0.6 is 0 Å². The average Bonchev–Trinajstić information content (AvgIpc) is 2.62. The molecule has 88 valence electrons. The van der Waals surface area contributed by atoms with E-state index in [0.717, 1.165) is 12.5 Å². The summed E-state index contributed by atoms with van der Waals surface area (Å²) in [5, 5.41) is 10.4. The van der Waals surface area contributed by atoms with Crippen molar-refractivity contribution in [3.8, 4) is 0 Å². The van der Waals surface area contributed by atoms with Crippen LogP contribution < -0.4 is 5.32 Å². The Morgan fingerprint density at radius 1 is 1.38 bits per heavy atom. The molecule has 0 spiro atoms. The van der Waals surface area contributed by atoms with Gasteiger partial charge in [0.05, 0.1) is 0 Å². The van der Waals surface area contributed by atoms with E-state index in [1.165, 1.54) is 4.90 Å². The summed E-state index contributed by atoms with van der Waals surface area (Å²) in [7, 11) is 0. The summed E-state index contributed by atoms with van der Waals surface area (Å²) >= 11 is 0. The van der Waals surface area contributed by atoms with Crippen LogP contribution in [-0.2, 0) is 9.59 Å². The quantitative estimate of drug-likeness (QED) is 0.659. The van der Waals surface area contributed by atoms with E-state index in [9.17, 15) is 14.4 Å². The summed E-state index contributed by atoms with van der Waals surface area (Å²) in [6, 6.07) is -0.468. The van der Waals surface area contributed by atoms with Gasteiger partial charge in [0.1, 0.15) is 0 Å². The number of carboxylic acid groups (broad SMARTS) is 1. The first-order chi connectivity index (χ1) is 7.49. The average molecular weight is 226 g/mol. The SMILES string of the molecule is CC1CCN(C(=O)NC(=O)/C=C/C(=O)O)C1. The number of urea groups is 1. The van der Waals surface area contributed by atoms with Crippen molar-refractivity contribution in [1.82, 2.24) is 10.2 Å². The number of hydrogen-bond donors (Lipinski definition) is 2. The molecule has 0 aromatic rings. The zero-order valence-corrected chi connectivity index (χ0v) is 8.97. The predicted octanol–water partition coefficient (Wildman–Crippen LogP) is 0.205. The lowest BCUT2D eigenvalue weighted by Crippen LogP contribution is -2.41. The molecule has 2 N–H and O–H groups in total. The van der Waals surface area contributed by atoms with Gasteiger partial charge in [-0.05, 0) is 12.3 Å². The summed E-state index contributed by atoms with van der Waals surface area (Å²) in [5.74, 6) is -1.50. The molecule has 1 fully saturated rings. The molecule has 0 aromatic heterocycles. The van der Waals surface area contributed by atoms with Gasteiger partial charge >= 0.3 is 12.0 Å². The smallest absolute Gasteiger partial charge is 0.328 e. The number of aliphatic carboxylic acids is 1. The number of carboxylic acids is 1. The molecule has 6 nitrogen and oxygen atoms in total. The van der Waals surface area contributed by atoms with Crippen LogP contribution in [0.3, 0.4) is 0 Å². The Labute approximate surface area is 92.9 Å². The van der Waals surface area contributed by atoms with Crippen molar-refractivity contribution in [2.75, 3.05) is 13.1 Å². The normalized spacial score (nSPS) is 20.1. The third kappa shape index (κ3) is 3.72. The fourth-order valence-corrected chi connectivity index (χ4v) is 1.49. The van der Waals surface area contributed by atoms with Gasteiger partial charge in [0.2, 0.25) is 0 Å². The molecule has 1 aliphatic heterocycles. The van der Waals surface area contributed by atoms with E-state index in [1.54, 1.807) is 0 Å². The van der Waals surface area contributed by atoms with Crippen molar-refractivity contribution in [3.63, 3.8) is 0 Å². The number of amides is 3. The fraction of sp³-hybridized carbons (Fsp3) is 0.500. The molecule has 1 atom stereocenters. The summed E-state index contributed by atoms with van der Waals surface area (Å²) in [4.78, 5) is 34.2. The third-order valence-corrected chi connectivity index (χ3v) is 2.32. The molecular weight excluding hydrogens is 212 g/mol. The Morgan fingerprint density at radius 3 is 2.56 bits per heavy atom. The second kappa shape index (κ2) is 5.29. The molecular formula is C10H14N2O4. The van der Waals surface area contributed by atoms with Gasteiger partial charge < -0.3 is 10.0 Å². The minimum atomic E-state index is -1.22. The number of carbonyl (C=O) groups excluding carboxylic acids is 2. The van der Waals surface area contributed by atoms with Gasteiger partial charge in [-0.3, -0.25) is 10.1 Å². The van der Waals surface area contributed by atoms with E-state index < -0.39 is 17.9 Å². The van der Waals surface area contributed by atoms with Crippen LogP contribution in [0.25, 0.3) is 0 Å². The maximum Gasteiger partial charge on any atom is 0.328 e. The minimum absolute atomic E-state index is 0.440. The van der Waals surface area contributed by atoms with Gasteiger partial charge in [0.25, 0.3) is 5.91 Å². The zero-order valence-electron chi connectivity index (χ0n) is 8.97. The number of nitrogens with zero attached hydrogens (tertiary/aromatic N) is 1. The monoisotopic (exact) mass is 226 g/mol. The molecule has 0 aliphatic carbocycles. The van der Waals surface area contributed by atoms with Crippen molar-refractivity contribution < 1.29 is 19.5 Å². The summed E-state index contributed by atoms with van der Waals surface area (Å²) < 4.78 is 0. The number of likely N-dealkylation sites (tertiary alicyclic amines) is 1. The fourth-order valence-electron chi connectivity index (χ4n) is 1.49. The lowest BCUT2D eigenvalue weighted by molar-refractivity contribution is -0.131. The molecule has 1 rings (SSSR count). The van der Waals surface area contributed by atoms with Gasteiger partial charge in [-0.2, -0.15) is 0 Å². The van der Waals surface area contributed by atoms with Crippen LogP contribution in [0.4, 0.5) is 4.79 Å². The van der Waals surface area contributed by atoms with E-state index in [1.807, 2.05) is 6.92 Å². The minimum Gasteiger partial charge on any atom is -0.478 e. The van der Waals surface area contributed by atoms with Gasteiger partial charge in [-0.15, -0.1) is 0 Å². The van der Waals surface area contributed by atoms with Gasteiger partial charge in [0, 0.05) is 25.2 Å². The van der Waals surface area contributed by atoms with E-state index >= 15 is 0 Å². The maximum atomic E-state index is 11.5. The first-order valence-electron chi connectivity index (χ1n) is 5.00. The van der Waals surface area contributed by atoms with Crippen LogP contribution in [0.2, 0.25) is 0 Å². The van der Waals surface area contributed by atoms with E-state index in [0.29, 0.717) is 25.1 Å². The lowest BCUT2D eigenvalue weighted by Gasteiger charge is -2.14. The van der Waals surface area contributed by atoms with Crippen molar-refractivity contribution >= 4 is 17.9 Å². The number of rotatable bonds is 2. The second-order valence-corrected chi connectivity index (χ2v) is 3.81. The molecule has 6 heteroatoms. The van der Waals surface area contributed by atoms with E-state index in [4.69, 9.17) is 5.11 Å². The molecule has 0 aromatic carbocycles. The number of carbonyl (C=O) groups is 3. The summed E-state index contributed by atoms with van der Waals surface area (Å²) in [6.45, 7) is 3.28. The molecule has 3 amide bonds. The molecule has 0 saturated carbocycles. The molecule has 0 radical (unpaired) electrons. The van der Waals surface area contributed by atoms with Crippen molar-refractivity contribution in [3.05, 3.63) is 12.2 Å². The Balaban J connectivity index is 2.39. The van der Waals surface area contributed by atoms with Crippen molar-refractivity contribution in [1.29, 1.82) is 0 Å². The molecule has 0 bridgehead atoms. The molecule has 1 saturated heterocycles. The number of nitrogens with one attached hydrogen (secondary N) is 1. The van der Waals surface area contributed by atoms with E-state index in [2.05, 4.69) is 5.32 Å². The third-order valence-electron chi connectivity index (χ3n) is 2.32. The topological polar surface area (TPSA) is 86.7 Å². The lowest BCUT2D eigenvalue weighted by atomic mass is 10.2. The Morgan fingerprint density at radius 2 is 2.06 bits per heavy atom. The molecule has 16 heavy (non-hydrogen) atoms. The van der Waals surface area contributed by atoms with Crippen LogP contribution in [0, 0.1) is 5.92 Å². The van der Waals surface area contributed by atoms with Gasteiger partial charge in [0.15, 0.2) is 0 Å². The highest BCUT2D eigenvalue weighted by Gasteiger charge is 2.23. The van der Waals surface area contributed by atoms with Crippen LogP contribution in [0.1, 0.15) is 13.3 Å². The summed E-state index contributed by atoms with van der Waals surface area (Å²) in [5.41, 5.74) is 0. The maximum absolute atomic E-state index is 11.5. The van der Waals surface area contributed by atoms with Gasteiger partial charge in [-0.1, -0.05) is 6.92 Å². The largest absolute Gasteiger partial charge is 0.478 e. The molecule has 1 aliphatic rings. The first-order valence-corrected chi connectivity index (χ1v) is 5.00. The van der Waals surface area contributed by atoms with Gasteiger partial charge in [-0.25, -0.2) is 9.59 Å². The number of hydrogen-bond acceptors (Lipinski definition) is 3. The Kier molecular flexibility index (Phi) is 4.04. The number of imide groups is 1. The predicted molar refractivity (Wildman–Crippen MR) is 55.7 cm³/mol. The highest BCUT2D eigenvalue weighted by molar-refractivity contribution is 6.02. The zero-order chi connectivity index (χ0) is 12.1. The van der Waals surface area contributed by atoms with E-state index in [-0.39, 0.29) is 0 Å². The van der Waals surface area contributed by atoms with Crippen LogP contribution in [-0.4, -0.2) is 41.0 Å². The highest BCUT2D eigenvalue weighted by atomic mass is 16.4. The molecule has 1 unspecified atom stereocenters. The molecule has 1 heterocycles. The van der Waals surface area contributed by atoms with Crippen LogP contribution in [0.5, 0.6) is 0 Å². The first kappa shape index (κ1) is 12.2.